The number of carbonyl (C=O) groups is 1. The summed E-state index contributed by atoms with van der Waals surface area (Å²) in [7, 11) is 1.61. The molecule has 3 nitrogen and oxygen atoms in total. The van der Waals surface area contributed by atoms with Crippen molar-refractivity contribution >= 4 is 32.7 Å². The first kappa shape index (κ1) is 9.27. The number of aromatic nitrogens is 1. The second kappa shape index (κ2) is 3.46. The minimum Gasteiger partial charge on any atom is -0.354 e. The van der Waals surface area contributed by atoms with Gasteiger partial charge >= 0.3 is 0 Å². The highest BCUT2D eigenvalue weighted by atomic mass is 79.9. The molecule has 1 aromatic heterocycles. The first-order valence-electron chi connectivity index (χ1n) is 4.21. The zero-order chi connectivity index (χ0) is 10.1. The predicted octanol–water partition coefficient (Wildman–Crippen LogP) is 2.29. The van der Waals surface area contributed by atoms with Crippen LogP contribution in [0.15, 0.2) is 28.7 Å². The molecule has 0 aliphatic rings. The topological polar surface area (TPSA) is 44.9 Å². The molecule has 0 saturated carbocycles. The fourth-order valence-electron chi connectivity index (χ4n) is 1.36. The van der Waals surface area contributed by atoms with Crippen molar-refractivity contribution in [2.24, 2.45) is 0 Å². The number of aromatic amines is 1. The third-order valence-corrected chi connectivity index (χ3v) is 2.55. The number of nitrogens with one attached hydrogen (secondary N) is 2. The van der Waals surface area contributed by atoms with E-state index in [1.165, 1.54) is 0 Å². The molecular weight excluding hydrogens is 244 g/mol. The summed E-state index contributed by atoms with van der Waals surface area (Å²) in [4.78, 5) is 14.4. The van der Waals surface area contributed by atoms with Gasteiger partial charge in [0.25, 0.3) is 5.91 Å². The molecule has 0 aliphatic carbocycles. The second-order valence-corrected chi connectivity index (χ2v) is 3.91. The molecule has 1 aromatic carbocycles. The average molecular weight is 253 g/mol. The fraction of sp³-hybridized carbons (Fsp3) is 0.100. The number of hydrogen-bond donors (Lipinski definition) is 2. The van der Waals surface area contributed by atoms with E-state index in [-0.39, 0.29) is 5.91 Å². The lowest BCUT2D eigenvalue weighted by atomic mass is 10.2. The molecule has 0 spiro atoms. The van der Waals surface area contributed by atoms with E-state index in [0.717, 1.165) is 15.4 Å². The Morgan fingerprint density at radius 2 is 2.21 bits per heavy atom. The molecule has 1 heterocycles. The van der Waals surface area contributed by atoms with Gasteiger partial charge in [-0.05, 0) is 18.2 Å². The van der Waals surface area contributed by atoms with Crippen molar-refractivity contribution in [2.45, 2.75) is 0 Å². The van der Waals surface area contributed by atoms with Crippen LogP contribution in [0.3, 0.4) is 0 Å². The maximum Gasteiger partial charge on any atom is 0.267 e. The number of hydrogen-bond acceptors (Lipinski definition) is 1. The summed E-state index contributed by atoms with van der Waals surface area (Å²) in [6, 6.07) is 7.69. The molecular formula is C10H9BrN2O. The summed E-state index contributed by atoms with van der Waals surface area (Å²) in [5, 5.41) is 3.61. The number of carbonyl (C=O) groups excluding carboxylic acids is 1. The van der Waals surface area contributed by atoms with Gasteiger partial charge in [0.1, 0.15) is 5.69 Å². The molecule has 0 radical (unpaired) electrons. The Morgan fingerprint density at radius 3 is 2.93 bits per heavy atom. The van der Waals surface area contributed by atoms with Gasteiger partial charge in [0.05, 0.1) is 0 Å². The summed E-state index contributed by atoms with van der Waals surface area (Å²) in [6.45, 7) is 0. The molecule has 4 heteroatoms. The highest BCUT2D eigenvalue weighted by Gasteiger charge is 2.06. The van der Waals surface area contributed by atoms with E-state index >= 15 is 0 Å². The standard InChI is InChI=1S/C10H9BrN2O/c1-12-10(14)9-4-6-2-3-7(11)5-8(6)13-9/h2-5,13H,1H3,(H,12,14). The number of H-pyrrole nitrogens is 1. The summed E-state index contributed by atoms with van der Waals surface area (Å²) in [5.74, 6) is -0.0997. The Kier molecular flexibility index (Phi) is 2.29. The molecule has 2 aromatic rings. The highest BCUT2D eigenvalue weighted by molar-refractivity contribution is 9.10. The normalized spacial score (nSPS) is 10.4. The zero-order valence-corrected chi connectivity index (χ0v) is 9.18. The third kappa shape index (κ3) is 1.53. The van der Waals surface area contributed by atoms with E-state index in [1.807, 2.05) is 24.3 Å². The largest absolute Gasteiger partial charge is 0.354 e. The quantitative estimate of drug-likeness (QED) is 0.804. The van der Waals surface area contributed by atoms with Gasteiger partial charge in [-0.1, -0.05) is 22.0 Å². The van der Waals surface area contributed by atoms with Gasteiger partial charge in [-0.25, -0.2) is 0 Å². The summed E-state index contributed by atoms with van der Waals surface area (Å²) < 4.78 is 0.996. The van der Waals surface area contributed by atoms with E-state index in [4.69, 9.17) is 0 Å². The molecule has 2 rings (SSSR count). The fourth-order valence-corrected chi connectivity index (χ4v) is 1.72. The molecule has 0 saturated heterocycles. The number of fused-ring (bicyclic) bond motifs is 1. The smallest absolute Gasteiger partial charge is 0.267 e. The lowest BCUT2D eigenvalue weighted by Crippen LogP contribution is -2.17. The number of amides is 1. The summed E-state index contributed by atoms with van der Waals surface area (Å²) in [6.07, 6.45) is 0. The zero-order valence-electron chi connectivity index (χ0n) is 7.60. The van der Waals surface area contributed by atoms with Gasteiger partial charge in [-0.3, -0.25) is 4.79 Å². The maximum atomic E-state index is 11.3. The molecule has 72 valence electrons. The van der Waals surface area contributed by atoms with E-state index in [1.54, 1.807) is 7.05 Å². The van der Waals surface area contributed by atoms with Crippen LogP contribution >= 0.6 is 15.9 Å². The summed E-state index contributed by atoms with van der Waals surface area (Å²) in [5.41, 5.74) is 1.54. The molecule has 14 heavy (non-hydrogen) atoms. The van der Waals surface area contributed by atoms with Gasteiger partial charge in [0, 0.05) is 22.4 Å². The molecule has 0 aliphatic heterocycles. The molecule has 0 unspecified atom stereocenters. The van der Waals surface area contributed by atoms with Crippen molar-refractivity contribution in [3.05, 3.63) is 34.4 Å². The van der Waals surface area contributed by atoms with Crippen molar-refractivity contribution < 1.29 is 4.79 Å². The Labute approximate surface area is 89.6 Å². The van der Waals surface area contributed by atoms with Crippen molar-refractivity contribution in [1.29, 1.82) is 0 Å². The Hall–Kier alpha value is -1.29. The molecule has 2 N–H and O–H groups in total. The Balaban J connectivity index is 2.56. The molecule has 0 bridgehead atoms. The van der Waals surface area contributed by atoms with Crippen LogP contribution in [0.1, 0.15) is 10.5 Å². The highest BCUT2D eigenvalue weighted by Crippen LogP contribution is 2.20. The lowest BCUT2D eigenvalue weighted by Gasteiger charge is -1.92. The van der Waals surface area contributed by atoms with Crippen molar-refractivity contribution in [3.63, 3.8) is 0 Å². The van der Waals surface area contributed by atoms with E-state index < -0.39 is 0 Å². The molecule has 0 fully saturated rings. The minimum atomic E-state index is -0.0997. The van der Waals surface area contributed by atoms with Gasteiger partial charge in [-0.15, -0.1) is 0 Å². The summed E-state index contributed by atoms with van der Waals surface area (Å²) >= 11 is 3.38. The monoisotopic (exact) mass is 252 g/mol. The van der Waals surface area contributed by atoms with Gasteiger partial charge in [0.15, 0.2) is 0 Å². The maximum absolute atomic E-state index is 11.3. The average Bonchev–Trinajstić information content (AvgIpc) is 2.59. The van der Waals surface area contributed by atoms with E-state index in [0.29, 0.717) is 5.69 Å². The van der Waals surface area contributed by atoms with Crippen molar-refractivity contribution in [1.82, 2.24) is 10.3 Å². The first-order chi connectivity index (χ1) is 6.70. The van der Waals surface area contributed by atoms with Crippen LogP contribution < -0.4 is 5.32 Å². The van der Waals surface area contributed by atoms with Gasteiger partial charge in [0.2, 0.25) is 0 Å². The van der Waals surface area contributed by atoms with Crippen LogP contribution in [0.25, 0.3) is 10.9 Å². The van der Waals surface area contributed by atoms with Crippen LogP contribution in [0, 0.1) is 0 Å². The predicted molar refractivity (Wildman–Crippen MR) is 59.4 cm³/mol. The van der Waals surface area contributed by atoms with E-state index in [9.17, 15) is 4.79 Å². The molecule has 1 amide bonds. The van der Waals surface area contributed by atoms with E-state index in [2.05, 4.69) is 26.2 Å². The third-order valence-electron chi connectivity index (χ3n) is 2.06. The minimum absolute atomic E-state index is 0.0997. The lowest BCUT2D eigenvalue weighted by molar-refractivity contribution is 0.0959. The van der Waals surface area contributed by atoms with Gasteiger partial charge < -0.3 is 10.3 Å². The van der Waals surface area contributed by atoms with Crippen LogP contribution in [-0.2, 0) is 0 Å². The van der Waals surface area contributed by atoms with Gasteiger partial charge in [-0.2, -0.15) is 0 Å². The first-order valence-corrected chi connectivity index (χ1v) is 5.00. The van der Waals surface area contributed by atoms with Crippen molar-refractivity contribution in [3.8, 4) is 0 Å². The second-order valence-electron chi connectivity index (χ2n) is 2.99. The molecule has 0 atom stereocenters. The number of halogens is 1. The van der Waals surface area contributed by atoms with Crippen molar-refractivity contribution in [2.75, 3.05) is 7.05 Å². The SMILES string of the molecule is CNC(=O)c1cc2ccc(Br)cc2[nH]1. The van der Waals surface area contributed by atoms with Crippen LogP contribution in [0.2, 0.25) is 0 Å². The van der Waals surface area contributed by atoms with Crippen LogP contribution in [0.4, 0.5) is 0 Å². The number of rotatable bonds is 1. The Morgan fingerprint density at radius 1 is 1.43 bits per heavy atom. The Bertz CT molecular complexity index is 490. The van der Waals surface area contributed by atoms with Crippen LogP contribution in [0.5, 0.6) is 0 Å². The van der Waals surface area contributed by atoms with Crippen LogP contribution in [-0.4, -0.2) is 17.9 Å². The number of benzene rings is 1.